The molecule has 1 heterocycles. The van der Waals surface area contributed by atoms with Crippen LogP contribution in [0.4, 0.5) is 0 Å². The highest BCUT2D eigenvalue weighted by Crippen LogP contribution is 2.22. The molecule has 4 heteroatoms. The predicted molar refractivity (Wildman–Crippen MR) is 82.2 cm³/mol. The first-order chi connectivity index (χ1) is 10.3. The van der Waals surface area contributed by atoms with Crippen molar-refractivity contribution in [2.45, 2.75) is 26.3 Å². The van der Waals surface area contributed by atoms with Crippen LogP contribution in [0.3, 0.4) is 0 Å². The predicted octanol–water partition coefficient (Wildman–Crippen LogP) is 3.81. The topological polar surface area (TPSA) is 57.9 Å². The van der Waals surface area contributed by atoms with Gasteiger partial charge in [0.05, 0.1) is 23.5 Å². The smallest absolute Gasteiger partial charge is 0.145 e. The van der Waals surface area contributed by atoms with E-state index in [1.54, 1.807) is 30.5 Å². The van der Waals surface area contributed by atoms with Crippen LogP contribution in [0.5, 0.6) is 11.5 Å². The zero-order valence-corrected chi connectivity index (χ0v) is 12.3. The fraction of sp³-hybridized carbons (Fsp3) is 0.294. The van der Waals surface area contributed by atoms with E-state index >= 15 is 0 Å². The molecule has 1 atom stereocenters. The Labute approximate surface area is 125 Å². The summed E-state index contributed by atoms with van der Waals surface area (Å²) in [5, 5.41) is 12.2. The first-order valence-corrected chi connectivity index (χ1v) is 7.14. The first-order valence-electron chi connectivity index (χ1n) is 7.14. The molecule has 0 amide bonds. The van der Waals surface area contributed by atoms with Gasteiger partial charge >= 0.3 is 0 Å². The van der Waals surface area contributed by atoms with E-state index < -0.39 is 0 Å². The van der Waals surface area contributed by atoms with Crippen molar-refractivity contribution in [3.63, 3.8) is 0 Å². The maximum Gasteiger partial charge on any atom is 0.145 e. The van der Waals surface area contributed by atoms with E-state index in [-0.39, 0.29) is 6.04 Å². The van der Waals surface area contributed by atoms with E-state index in [0.29, 0.717) is 17.1 Å². The molecular formula is C17H19N3O. The van der Waals surface area contributed by atoms with Crippen LogP contribution in [0.2, 0.25) is 0 Å². The minimum absolute atomic E-state index is 0.277. The van der Waals surface area contributed by atoms with E-state index in [9.17, 15) is 0 Å². The zero-order chi connectivity index (χ0) is 15.1. The summed E-state index contributed by atoms with van der Waals surface area (Å²) in [6, 6.07) is 13.3. The molecule has 0 aliphatic carbocycles. The van der Waals surface area contributed by atoms with Gasteiger partial charge in [0.2, 0.25) is 0 Å². The lowest BCUT2D eigenvalue weighted by Gasteiger charge is -2.15. The second kappa shape index (κ2) is 7.41. The summed E-state index contributed by atoms with van der Waals surface area (Å²) in [6.07, 6.45) is 2.73. The Kier molecular flexibility index (Phi) is 5.30. The van der Waals surface area contributed by atoms with Gasteiger partial charge < -0.3 is 10.1 Å². The van der Waals surface area contributed by atoms with Gasteiger partial charge in [0.15, 0.2) is 0 Å². The Hall–Kier alpha value is -2.38. The second-order valence-electron chi connectivity index (χ2n) is 4.68. The van der Waals surface area contributed by atoms with Crippen LogP contribution in [0.25, 0.3) is 0 Å². The van der Waals surface area contributed by atoms with Gasteiger partial charge in [0.1, 0.15) is 11.5 Å². The van der Waals surface area contributed by atoms with Crippen molar-refractivity contribution in [3.8, 4) is 17.6 Å². The molecule has 0 spiro atoms. The van der Waals surface area contributed by atoms with Crippen molar-refractivity contribution >= 4 is 0 Å². The van der Waals surface area contributed by atoms with Gasteiger partial charge in [-0.2, -0.15) is 5.26 Å². The summed E-state index contributed by atoms with van der Waals surface area (Å²) in [4.78, 5) is 4.46. The molecule has 4 nitrogen and oxygen atoms in total. The summed E-state index contributed by atoms with van der Waals surface area (Å²) < 4.78 is 5.71. The summed E-state index contributed by atoms with van der Waals surface area (Å²) in [6.45, 7) is 5.14. The van der Waals surface area contributed by atoms with Crippen molar-refractivity contribution in [1.82, 2.24) is 10.3 Å². The number of nitrogens with one attached hydrogen (secondary N) is 1. The van der Waals surface area contributed by atoms with Crippen molar-refractivity contribution in [3.05, 3.63) is 53.9 Å². The number of aromatic nitrogens is 1. The van der Waals surface area contributed by atoms with Gasteiger partial charge in [0.25, 0.3) is 0 Å². The van der Waals surface area contributed by atoms with E-state index in [4.69, 9.17) is 10.00 Å². The SMILES string of the molecule is CCNC(CC)c1ccc(Oc2ccc(C#N)cc2)cn1. The Morgan fingerprint density at radius 2 is 1.86 bits per heavy atom. The maximum atomic E-state index is 8.76. The fourth-order valence-electron chi connectivity index (χ4n) is 2.10. The van der Waals surface area contributed by atoms with Crippen molar-refractivity contribution in [1.29, 1.82) is 5.26 Å². The van der Waals surface area contributed by atoms with Crippen LogP contribution in [0, 0.1) is 11.3 Å². The molecule has 0 bridgehead atoms. The number of hydrogen-bond donors (Lipinski definition) is 1. The molecule has 2 rings (SSSR count). The highest BCUT2D eigenvalue weighted by atomic mass is 16.5. The number of pyridine rings is 1. The average Bonchev–Trinajstić information content (AvgIpc) is 2.54. The van der Waals surface area contributed by atoms with Crippen molar-refractivity contribution in [2.75, 3.05) is 6.54 Å². The molecule has 1 aromatic carbocycles. The molecular weight excluding hydrogens is 262 g/mol. The molecule has 0 aliphatic heterocycles. The van der Waals surface area contributed by atoms with Gasteiger partial charge in [-0.05, 0) is 49.4 Å². The quantitative estimate of drug-likeness (QED) is 0.874. The van der Waals surface area contributed by atoms with Gasteiger partial charge in [-0.3, -0.25) is 4.98 Å². The van der Waals surface area contributed by atoms with Crippen LogP contribution in [-0.4, -0.2) is 11.5 Å². The standard InChI is InChI=1S/C17H19N3O/c1-3-16(19-4-2)17-10-9-15(12-20-17)21-14-7-5-13(11-18)6-8-14/h5-10,12,16,19H,3-4H2,1-2H3. The Balaban J connectivity index is 2.06. The molecule has 0 aliphatic rings. The number of ether oxygens (including phenoxy) is 1. The molecule has 1 unspecified atom stereocenters. The summed E-state index contributed by atoms with van der Waals surface area (Å²) in [5.41, 5.74) is 1.64. The Morgan fingerprint density at radius 1 is 1.14 bits per heavy atom. The van der Waals surface area contributed by atoms with Gasteiger partial charge in [-0.15, -0.1) is 0 Å². The van der Waals surface area contributed by atoms with Crippen molar-refractivity contribution < 1.29 is 4.74 Å². The zero-order valence-electron chi connectivity index (χ0n) is 12.3. The molecule has 1 N–H and O–H groups in total. The summed E-state index contributed by atoms with van der Waals surface area (Å²) >= 11 is 0. The van der Waals surface area contributed by atoms with Crippen LogP contribution in [-0.2, 0) is 0 Å². The molecule has 0 fully saturated rings. The normalized spacial score (nSPS) is 11.7. The highest BCUT2D eigenvalue weighted by molar-refractivity contribution is 5.37. The van der Waals surface area contributed by atoms with E-state index in [2.05, 4.69) is 30.2 Å². The van der Waals surface area contributed by atoms with E-state index in [1.165, 1.54) is 0 Å². The average molecular weight is 281 g/mol. The number of nitrogens with zero attached hydrogens (tertiary/aromatic N) is 2. The highest BCUT2D eigenvalue weighted by Gasteiger charge is 2.09. The van der Waals surface area contributed by atoms with Gasteiger partial charge in [-0.1, -0.05) is 13.8 Å². The molecule has 0 saturated heterocycles. The van der Waals surface area contributed by atoms with E-state index in [0.717, 1.165) is 18.7 Å². The molecule has 108 valence electrons. The second-order valence-corrected chi connectivity index (χ2v) is 4.68. The first kappa shape index (κ1) is 15.0. The van der Waals surface area contributed by atoms with Crippen molar-refractivity contribution in [2.24, 2.45) is 0 Å². The Bertz CT molecular complexity index is 599. The number of nitriles is 1. The lowest BCUT2D eigenvalue weighted by atomic mass is 10.1. The van der Waals surface area contributed by atoms with Crippen LogP contribution in [0.1, 0.15) is 37.6 Å². The van der Waals surface area contributed by atoms with Crippen LogP contribution < -0.4 is 10.1 Å². The van der Waals surface area contributed by atoms with Gasteiger partial charge in [0, 0.05) is 6.04 Å². The summed E-state index contributed by atoms with van der Waals surface area (Å²) in [7, 11) is 0. The maximum absolute atomic E-state index is 8.76. The third-order valence-corrected chi connectivity index (χ3v) is 3.19. The summed E-state index contributed by atoms with van der Waals surface area (Å²) in [5.74, 6) is 1.39. The minimum atomic E-state index is 0.277. The molecule has 0 radical (unpaired) electrons. The third-order valence-electron chi connectivity index (χ3n) is 3.19. The number of benzene rings is 1. The van der Waals surface area contributed by atoms with Crippen LogP contribution in [0.15, 0.2) is 42.6 Å². The monoisotopic (exact) mass is 281 g/mol. The van der Waals surface area contributed by atoms with E-state index in [1.807, 2.05) is 12.1 Å². The lowest BCUT2D eigenvalue weighted by Crippen LogP contribution is -2.20. The van der Waals surface area contributed by atoms with Gasteiger partial charge in [-0.25, -0.2) is 0 Å². The molecule has 21 heavy (non-hydrogen) atoms. The Morgan fingerprint density at radius 3 is 2.38 bits per heavy atom. The number of hydrogen-bond acceptors (Lipinski definition) is 4. The molecule has 0 saturated carbocycles. The minimum Gasteiger partial charge on any atom is -0.456 e. The largest absolute Gasteiger partial charge is 0.456 e. The number of rotatable bonds is 6. The van der Waals surface area contributed by atoms with Crippen LogP contribution >= 0.6 is 0 Å². The molecule has 1 aromatic heterocycles. The third kappa shape index (κ3) is 4.04. The fourth-order valence-corrected chi connectivity index (χ4v) is 2.10. The lowest BCUT2D eigenvalue weighted by molar-refractivity contribution is 0.476. The molecule has 2 aromatic rings.